The zero-order chi connectivity index (χ0) is 14.2. The number of carbonyl (C=O) groups excluding carboxylic acids is 2. The van der Waals surface area contributed by atoms with Crippen molar-refractivity contribution in [2.75, 3.05) is 5.32 Å². The average Bonchev–Trinajstić information content (AvgIpc) is 2.97. The lowest BCUT2D eigenvalue weighted by Crippen LogP contribution is -2.43. The van der Waals surface area contributed by atoms with Gasteiger partial charge < -0.3 is 5.32 Å². The Bertz CT molecular complexity index is 594. The van der Waals surface area contributed by atoms with Crippen molar-refractivity contribution in [2.45, 2.75) is 0 Å². The van der Waals surface area contributed by atoms with Gasteiger partial charge in [-0.15, -0.1) is 11.3 Å². The Hall–Kier alpha value is -2.60. The number of hydrazine groups is 1. The Balaban J connectivity index is 1.74. The lowest BCUT2D eigenvalue weighted by Gasteiger charge is -2.07. The smallest absolute Gasteiger partial charge is 0.307 e. The van der Waals surface area contributed by atoms with Crippen LogP contribution in [0.2, 0.25) is 0 Å². The maximum atomic E-state index is 11.5. The first kappa shape index (κ1) is 13.8. The summed E-state index contributed by atoms with van der Waals surface area (Å²) in [6, 6.07) is 12.2. The molecule has 3 N–H and O–H groups in total. The summed E-state index contributed by atoms with van der Waals surface area (Å²) in [5, 5.41) is 4.50. The predicted molar refractivity (Wildman–Crippen MR) is 80.1 cm³/mol. The van der Waals surface area contributed by atoms with Gasteiger partial charge in [0.1, 0.15) is 0 Å². The van der Waals surface area contributed by atoms with Crippen LogP contribution in [0.25, 0.3) is 6.08 Å². The van der Waals surface area contributed by atoms with Gasteiger partial charge in [0.05, 0.1) is 0 Å². The molecular formula is C14H13N3O2S. The molecule has 2 rings (SSSR count). The van der Waals surface area contributed by atoms with Gasteiger partial charge in [-0.2, -0.15) is 0 Å². The molecule has 6 heteroatoms. The Labute approximate surface area is 120 Å². The van der Waals surface area contributed by atoms with Crippen LogP contribution in [0.15, 0.2) is 53.9 Å². The molecule has 1 aromatic heterocycles. The van der Waals surface area contributed by atoms with Gasteiger partial charge in [-0.05, 0) is 29.7 Å². The molecule has 0 aliphatic carbocycles. The first-order chi connectivity index (χ1) is 9.74. The quantitative estimate of drug-likeness (QED) is 0.600. The molecule has 0 spiro atoms. The summed E-state index contributed by atoms with van der Waals surface area (Å²) in [5.41, 5.74) is 5.19. The van der Waals surface area contributed by atoms with Crippen LogP contribution in [-0.4, -0.2) is 11.9 Å². The molecule has 20 heavy (non-hydrogen) atoms. The van der Waals surface area contributed by atoms with Crippen molar-refractivity contribution in [3.05, 3.63) is 58.8 Å². The van der Waals surface area contributed by atoms with E-state index in [0.717, 1.165) is 4.88 Å². The third kappa shape index (κ3) is 4.58. The molecule has 2 aromatic rings. The molecule has 0 saturated carbocycles. The van der Waals surface area contributed by atoms with Gasteiger partial charge in [0.25, 0.3) is 5.91 Å². The van der Waals surface area contributed by atoms with Gasteiger partial charge in [0, 0.05) is 16.6 Å². The van der Waals surface area contributed by atoms with E-state index in [0.29, 0.717) is 5.69 Å². The van der Waals surface area contributed by atoms with Crippen LogP contribution in [0.1, 0.15) is 4.88 Å². The minimum Gasteiger partial charge on any atom is -0.307 e. The topological polar surface area (TPSA) is 70.2 Å². The number of hydrogen-bond donors (Lipinski definition) is 3. The summed E-state index contributed by atoms with van der Waals surface area (Å²) in [7, 11) is 0. The molecule has 0 fully saturated rings. The van der Waals surface area contributed by atoms with Crippen LogP contribution in [0.5, 0.6) is 0 Å². The molecule has 0 atom stereocenters. The molecular weight excluding hydrogens is 274 g/mol. The van der Waals surface area contributed by atoms with E-state index in [-0.39, 0.29) is 0 Å². The van der Waals surface area contributed by atoms with E-state index in [9.17, 15) is 9.59 Å². The van der Waals surface area contributed by atoms with Crippen molar-refractivity contribution < 1.29 is 9.59 Å². The van der Waals surface area contributed by atoms with Crippen LogP contribution in [0.3, 0.4) is 0 Å². The monoisotopic (exact) mass is 287 g/mol. The van der Waals surface area contributed by atoms with Gasteiger partial charge >= 0.3 is 6.03 Å². The lowest BCUT2D eigenvalue weighted by molar-refractivity contribution is -0.117. The zero-order valence-electron chi connectivity index (χ0n) is 10.5. The summed E-state index contributed by atoms with van der Waals surface area (Å²) in [4.78, 5) is 23.9. The van der Waals surface area contributed by atoms with Crippen molar-refractivity contribution in [1.29, 1.82) is 0 Å². The molecule has 0 aliphatic rings. The minimum atomic E-state index is -0.505. The number of urea groups is 1. The number of para-hydroxylation sites is 1. The number of nitrogens with one attached hydrogen (secondary N) is 3. The molecule has 0 saturated heterocycles. The van der Waals surface area contributed by atoms with Crippen molar-refractivity contribution in [2.24, 2.45) is 0 Å². The standard InChI is InChI=1S/C14H13N3O2S/c18-13(9-8-12-7-4-10-20-12)16-17-14(19)15-11-5-2-1-3-6-11/h1-10H,(H,16,18)(H2,15,17,19). The maximum Gasteiger partial charge on any atom is 0.337 e. The van der Waals surface area contributed by atoms with E-state index in [1.165, 1.54) is 17.4 Å². The predicted octanol–water partition coefficient (Wildman–Crippen LogP) is 2.61. The molecule has 0 aliphatic heterocycles. The zero-order valence-corrected chi connectivity index (χ0v) is 11.3. The molecule has 1 heterocycles. The highest BCUT2D eigenvalue weighted by atomic mass is 32.1. The number of benzene rings is 1. The first-order valence-electron chi connectivity index (χ1n) is 5.87. The Kier molecular flexibility index (Phi) is 4.91. The van der Waals surface area contributed by atoms with E-state index < -0.39 is 11.9 Å². The highest BCUT2D eigenvalue weighted by Gasteiger charge is 2.01. The van der Waals surface area contributed by atoms with E-state index in [2.05, 4.69) is 16.2 Å². The maximum absolute atomic E-state index is 11.5. The molecule has 3 amide bonds. The normalized spacial score (nSPS) is 10.2. The molecule has 5 nitrogen and oxygen atoms in total. The van der Waals surface area contributed by atoms with Crippen molar-refractivity contribution in [3.8, 4) is 0 Å². The van der Waals surface area contributed by atoms with Crippen LogP contribution in [-0.2, 0) is 4.79 Å². The highest BCUT2D eigenvalue weighted by molar-refractivity contribution is 7.10. The number of anilines is 1. The highest BCUT2D eigenvalue weighted by Crippen LogP contribution is 2.09. The number of rotatable bonds is 3. The fourth-order valence-electron chi connectivity index (χ4n) is 1.39. The second-order valence-electron chi connectivity index (χ2n) is 3.78. The van der Waals surface area contributed by atoms with E-state index >= 15 is 0 Å². The van der Waals surface area contributed by atoms with Crippen LogP contribution in [0.4, 0.5) is 10.5 Å². The second kappa shape index (κ2) is 7.10. The second-order valence-corrected chi connectivity index (χ2v) is 4.76. The average molecular weight is 287 g/mol. The Morgan fingerprint density at radius 2 is 1.80 bits per heavy atom. The van der Waals surface area contributed by atoms with Crippen molar-refractivity contribution in [1.82, 2.24) is 10.9 Å². The SMILES string of the molecule is O=C(C=Cc1cccs1)NNC(=O)Nc1ccccc1. The van der Waals surface area contributed by atoms with Gasteiger partial charge in [0.15, 0.2) is 0 Å². The lowest BCUT2D eigenvalue weighted by atomic mass is 10.3. The summed E-state index contributed by atoms with van der Waals surface area (Å²) in [5.74, 6) is -0.401. The third-order valence-corrected chi connectivity index (χ3v) is 3.11. The number of thiophene rings is 1. The van der Waals surface area contributed by atoms with E-state index in [1.54, 1.807) is 30.3 Å². The van der Waals surface area contributed by atoms with Crippen molar-refractivity contribution in [3.63, 3.8) is 0 Å². The third-order valence-electron chi connectivity index (χ3n) is 2.27. The van der Waals surface area contributed by atoms with E-state index in [1.807, 2.05) is 23.6 Å². The fourth-order valence-corrected chi connectivity index (χ4v) is 2.01. The summed E-state index contributed by atoms with van der Waals surface area (Å²) in [6.07, 6.45) is 3.03. The molecule has 0 radical (unpaired) electrons. The van der Waals surface area contributed by atoms with Crippen LogP contribution >= 0.6 is 11.3 Å². The Morgan fingerprint density at radius 3 is 2.50 bits per heavy atom. The number of amides is 3. The van der Waals surface area contributed by atoms with Crippen LogP contribution < -0.4 is 16.2 Å². The van der Waals surface area contributed by atoms with Gasteiger partial charge in [0.2, 0.25) is 0 Å². The Morgan fingerprint density at radius 1 is 1.00 bits per heavy atom. The molecule has 0 unspecified atom stereocenters. The molecule has 0 bridgehead atoms. The minimum absolute atomic E-state index is 0.401. The summed E-state index contributed by atoms with van der Waals surface area (Å²) < 4.78 is 0. The number of carbonyl (C=O) groups is 2. The van der Waals surface area contributed by atoms with Crippen molar-refractivity contribution >= 4 is 35.0 Å². The molecule has 102 valence electrons. The first-order valence-corrected chi connectivity index (χ1v) is 6.75. The van der Waals surface area contributed by atoms with Crippen LogP contribution in [0, 0.1) is 0 Å². The van der Waals surface area contributed by atoms with E-state index in [4.69, 9.17) is 0 Å². The summed E-state index contributed by atoms with van der Waals surface area (Å²) >= 11 is 1.52. The van der Waals surface area contributed by atoms with Gasteiger partial charge in [-0.3, -0.25) is 10.2 Å². The summed E-state index contributed by atoms with van der Waals surface area (Å²) in [6.45, 7) is 0. The molecule has 1 aromatic carbocycles. The fraction of sp³-hybridized carbons (Fsp3) is 0. The van der Waals surface area contributed by atoms with Gasteiger partial charge in [-0.1, -0.05) is 24.3 Å². The number of hydrogen-bond acceptors (Lipinski definition) is 3. The van der Waals surface area contributed by atoms with Gasteiger partial charge in [-0.25, -0.2) is 10.2 Å². The largest absolute Gasteiger partial charge is 0.337 e.